The third kappa shape index (κ3) is 1.84. The van der Waals surface area contributed by atoms with E-state index in [0.29, 0.717) is 22.0 Å². The molecule has 6 aliphatic carbocycles. The lowest BCUT2D eigenvalue weighted by Gasteiger charge is -3.10. The Labute approximate surface area is 208 Å². The molecule has 7 nitrogen and oxygen atoms in total. The third-order valence-electron chi connectivity index (χ3n) is 9.87. The highest BCUT2D eigenvalue weighted by atomic mass is 35.5. The van der Waals surface area contributed by atoms with Crippen molar-refractivity contribution in [1.29, 1.82) is 0 Å². The maximum atomic E-state index is 14.5. The van der Waals surface area contributed by atoms with Crippen molar-refractivity contribution in [2.45, 2.75) is 13.0 Å². The van der Waals surface area contributed by atoms with Crippen LogP contribution in [0.3, 0.4) is 0 Å². The van der Waals surface area contributed by atoms with Gasteiger partial charge in [-0.05, 0) is 60.1 Å². The molecule has 0 saturated heterocycles. The number of aliphatic imine (C=N–C) groups is 1. The van der Waals surface area contributed by atoms with Gasteiger partial charge in [0.05, 0.1) is 22.6 Å². The van der Waals surface area contributed by atoms with Crippen molar-refractivity contribution in [3.8, 4) is 0 Å². The van der Waals surface area contributed by atoms with E-state index in [9.17, 15) is 19.1 Å². The summed E-state index contributed by atoms with van der Waals surface area (Å²) >= 11 is 7.37. The zero-order valence-electron chi connectivity index (χ0n) is 18.4. The maximum absolute atomic E-state index is 14.5. The summed E-state index contributed by atoms with van der Waals surface area (Å²) < 4.78 is 20.0. The lowest BCUT2D eigenvalue weighted by molar-refractivity contribution is -0.633. The van der Waals surface area contributed by atoms with Gasteiger partial charge in [-0.2, -0.15) is 0 Å². The van der Waals surface area contributed by atoms with Crippen LogP contribution in [0, 0.1) is 52.2 Å². The number of allylic oxidation sites excluding steroid dienone is 1. The monoisotopic (exact) mass is 511 g/mol. The van der Waals surface area contributed by atoms with Crippen LogP contribution in [-0.2, 0) is 14.3 Å². The number of ether oxygens (including phenoxy) is 1. The Morgan fingerprint density at radius 2 is 1.94 bits per heavy atom. The molecule has 0 radical (unpaired) electrons. The molecular formula is C25H19ClFN3O4S. The van der Waals surface area contributed by atoms with Crippen molar-refractivity contribution in [2.24, 2.45) is 51.3 Å². The predicted molar refractivity (Wildman–Crippen MR) is 123 cm³/mol. The number of amidine groups is 1. The Kier molecular flexibility index (Phi) is 3.57. The lowest BCUT2D eigenvalue weighted by Crippen LogP contribution is -3.11. The van der Waals surface area contributed by atoms with E-state index in [1.165, 1.54) is 23.5 Å². The molecule has 2 heterocycles. The van der Waals surface area contributed by atoms with Crippen molar-refractivity contribution in [3.05, 3.63) is 62.5 Å². The van der Waals surface area contributed by atoms with E-state index in [0.717, 1.165) is 5.70 Å². The standard InChI is InChI=1S/C25H19ClFN3O4S/c1-2-34-22(31)11-18(8-3-4-9(26)10(27)7-8)29-20(21-28-5-6-35-21)30-19(11)24-12-15-13(24)17-14(24)16(12)25(15,17)23(32)33/h3-7,12-18H,2H2,1H3,(H,29,30)(H,32,33). The molecule has 35 heavy (non-hydrogen) atoms. The zero-order valence-corrected chi connectivity index (χ0v) is 19.9. The normalized spacial score (nSPS) is 42.3. The molecule has 10 heteroatoms. The molecule has 178 valence electrons. The first-order chi connectivity index (χ1) is 16.9. The van der Waals surface area contributed by atoms with Crippen LogP contribution in [0.15, 0.2) is 46.0 Å². The Balaban J connectivity index is 1.29. The van der Waals surface area contributed by atoms with Gasteiger partial charge in [0.15, 0.2) is 10.8 Å². The van der Waals surface area contributed by atoms with Crippen LogP contribution >= 0.6 is 22.9 Å². The van der Waals surface area contributed by atoms with Crippen LogP contribution in [-0.4, -0.2) is 34.5 Å². The molecule has 0 spiro atoms. The molecule has 0 amide bonds. The second-order valence-electron chi connectivity index (χ2n) is 10.4. The molecule has 9 rings (SSSR count). The van der Waals surface area contributed by atoms with Crippen molar-refractivity contribution in [3.63, 3.8) is 0 Å². The average molecular weight is 512 g/mol. The first-order valence-electron chi connectivity index (χ1n) is 11.7. The number of aromatic nitrogens is 1. The number of hydrogen-bond donors (Lipinski definition) is 2. The molecule has 1 unspecified atom stereocenters. The van der Waals surface area contributed by atoms with Crippen molar-refractivity contribution < 1.29 is 23.8 Å². The molecule has 1 atom stereocenters. The molecule has 6 saturated carbocycles. The number of carbonyl (C=O) groups excluding carboxylic acids is 1. The smallest absolute Gasteiger partial charge is 0.338 e. The fraction of sp³-hybridized carbons (Fsp3) is 0.440. The summed E-state index contributed by atoms with van der Waals surface area (Å²) in [6.45, 7) is 1.94. The quantitative estimate of drug-likeness (QED) is 0.574. The number of benzene rings is 1. The van der Waals surface area contributed by atoms with Gasteiger partial charge in [0.1, 0.15) is 11.9 Å². The number of aliphatic carboxylic acids is 1. The number of esters is 1. The van der Waals surface area contributed by atoms with E-state index < -0.39 is 29.2 Å². The van der Waals surface area contributed by atoms with Crippen LogP contribution in [0.5, 0.6) is 0 Å². The first-order valence-corrected chi connectivity index (χ1v) is 13.0. The number of nitrogens with one attached hydrogen (secondary N) is 1. The van der Waals surface area contributed by atoms with Crippen molar-refractivity contribution in [1.82, 2.24) is 10.3 Å². The number of nitrogens with zero attached hydrogens (tertiary/aromatic N) is 2. The third-order valence-corrected chi connectivity index (χ3v) is 11.0. The number of thiazole rings is 1. The summed E-state index contributed by atoms with van der Waals surface area (Å²) in [5, 5.41) is 15.9. The minimum atomic E-state index is -0.787. The molecule has 2 N–H and O–H groups in total. The van der Waals surface area contributed by atoms with Gasteiger partial charge in [0.25, 0.3) is 0 Å². The summed E-state index contributed by atoms with van der Waals surface area (Å²) in [6, 6.07) is 3.68. The molecule has 7 aliphatic rings. The lowest BCUT2D eigenvalue weighted by atomic mass is 8.92. The van der Waals surface area contributed by atoms with Gasteiger partial charge in [-0.25, -0.2) is 14.2 Å². The topological polar surface area (TPSA) is 101 Å². The van der Waals surface area contributed by atoms with Crippen LogP contribution in [0.4, 0.5) is 4.39 Å². The van der Waals surface area contributed by atoms with Crippen LogP contribution in [0.1, 0.15) is 23.5 Å². The average Bonchev–Trinajstić information content (AvgIpc) is 3.40. The number of rotatable bonds is 6. The van der Waals surface area contributed by atoms with E-state index in [4.69, 9.17) is 21.3 Å². The highest BCUT2D eigenvalue weighted by molar-refractivity contribution is 7.11. The summed E-state index contributed by atoms with van der Waals surface area (Å²) in [5.74, 6) is 0.118. The molecule has 1 aliphatic heterocycles. The number of carbonyl (C=O) groups is 2. The summed E-state index contributed by atoms with van der Waals surface area (Å²) in [6.07, 6.45) is 1.69. The first kappa shape index (κ1) is 20.4. The Morgan fingerprint density at radius 1 is 1.23 bits per heavy atom. The van der Waals surface area contributed by atoms with E-state index in [1.54, 1.807) is 19.2 Å². The van der Waals surface area contributed by atoms with Gasteiger partial charge in [-0.15, -0.1) is 11.3 Å². The predicted octanol–water partition coefficient (Wildman–Crippen LogP) is 3.67. The van der Waals surface area contributed by atoms with Gasteiger partial charge in [-0.1, -0.05) is 17.7 Å². The van der Waals surface area contributed by atoms with Crippen LogP contribution in [0.2, 0.25) is 5.02 Å². The molecule has 6 fully saturated rings. The Morgan fingerprint density at radius 3 is 2.51 bits per heavy atom. The molecule has 0 bridgehead atoms. The Bertz CT molecular complexity index is 1380. The van der Waals surface area contributed by atoms with Crippen LogP contribution < -0.4 is 5.32 Å². The van der Waals surface area contributed by atoms with Crippen molar-refractivity contribution in [2.75, 3.05) is 6.61 Å². The van der Waals surface area contributed by atoms with Crippen molar-refractivity contribution >= 4 is 40.7 Å². The van der Waals surface area contributed by atoms with E-state index in [2.05, 4.69) is 10.3 Å². The number of halogens is 2. The highest BCUT2D eigenvalue weighted by Crippen LogP contribution is 3.11. The summed E-state index contributed by atoms with van der Waals surface area (Å²) in [7, 11) is 0. The van der Waals surface area contributed by atoms with E-state index >= 15 is 0 Å². The van der Waals surface area contributed by atoms with E-state index in [1.807, 2.05) is 5.38 Å². The minimum Gasteiger partial charge on any atom is -0.481 e. The number of carboxylic acid groups (broad SMARTS) is 1. The van der Waals surface area contributed by atoms with E-state index in [-0.39, 0.29) is 52.6 Å². The minimum absolute atomic E-state index is 0.00562. The fourth-order valence-electron chi connectivity index (χ4n) is 9.14. The second kappa shape index (κ2) is 6.13. The molecule has 1 aromatic heterocycles. The van der Waals surface area contributed by atoms with Gasteiger partial charge >= 0.3 is 11.9 Å². The molecule has 1 aromatic carbocycles. The Hall–Kier alpha value is -2.78. The second-order valence-corrected chi connectivity index (χ2v) is 11.7. The van der Waals surface area contributed by atoms with Gasteiger partial charge in [-0.3, -0.25) is 9.79 Å². The number of hydrogen-bond acceptors (Lipinski definition) is 7. The fourth-order valence-corrected chi connectivity index (χ4v) is 9.85. The van der Waals surface area contributed by atoms with Gasteiger partial charge in [0.2, 0.25) is 0 Å². The summed E-state index contributed by atoms with van der Waals surface area (Å²) in [5.41, 5.74) is 0.891. The SMILES string of the molecule is CCOC(=O)C1=C(C23C4C5C2C2C3C4C52C(=O)O)NC(c2nccs2)=NC1c1ccc(Cl)c(F)c1. The highest BCUT2D eigenvalue weighted by Gasteiger charge is 3.12. The van der Waals surface area contributed by atoms with Crippen LogP contribution in [0.25, 0.3) is 0 Å². The van der Waals surface area contributed by atoms with Gasteiger partial charge < -0.3 is 15.2 Å². The molecular weight excluding hydrogens is 493 g/mol. The maximum Gasteiger partial charge on any atom is 0.338 e. The largest absolute Gasteiger partial charge is 0.481 e. The molecule has 2 aromatic rings. The summed E-state index contributed by atoms with van der Waals surface area (Å²) in [4.78, 5) is 34.7. The number of carboxylic acids is 1. The van der Waals surface area contributed by atoms with Gasteiger partial charge in [0, 0.05) is 22.7 Å². The zero-order chi connectivity index (χ0) is 24.0.